The molecule has 0 aliphatic rings. The molecule has 1 amide bonds. The highest BCUT2D eigenvalue weighted by molar-refractivity contribution is 9.10. The highest BCUT2D eigenvalue weighted by atomic mass is 79.9. The zero-order chi connectivity index (χ0) is 17.4. The molecule has 4 aromatic rings. The van der Waals surface area contributed by atoms with Crippen LogP contribution in [0.25, 0.3) is 21.8 Å². The van der Waals surface area contributed by atoms with Crippen molar-refractivity contribution >= 4 is 49.3 Å². The first-order valence-electron chi connectivity index (χ1n) is 7.60. The first kappa shape index (κ1) is 15.6. The number of rotatable bonds is 3. The zero-order valence-corrected chi connectivity index (χ0v) is 14.6. The first-order valence-corrected chi connectivity index (χ1v) is 8.40. The predicted molar refractivity (Wildman–Crippen MR) is 99.1 cm³/mol. The van der Waals surface area contributed by atoms with Crippen molar-refractivity contribution in [2.75, 3.05) is 0 Å². The van der Waals surface area contributed by atoms with Gasteiger partial charge in [-0.2, -0.15) is 0 Å². The van der Waals surface area contributed by atoms with Gasteiger partial charge in [0.15, 0.2) is 5.69 Å². The van der Waals surface area contributed by atoms with E-state index in [4.69, 9.17) is 0 Å². The van der Waals surface area contributed by atoms with Gasteiger partial charge in [0.2, 0.25) is 5.88 Å². The SMILES string of the molecule is O=C(Cn1ccc2ccccc21)N=Nc1c(O)[nH]c2ccc(Br)cc12. The number of nitrogens with one attached hydrogen (secondary N) is 1. The van der Waals surface area contributed by atoms with Crippen LogP contribution in [0.15, 0.2) is 69.4 Å². The van der Waals surface area contributed by atoms with Crippen LogP contribution < -0.4 is 0 Å². The molecule has 124 valence electrons. The normalized spacial score (nSPS) is 11.7. The van der Waals surface area contributed by atoms with Gasteiger partial charge in [-0.3, -0.25) is 4.79 Å². The summed E-state index contributed by atoms with van der Waals surface area (Å²) >= 11 is 3.38. The summed E-state index contributed by atoms with van der Waals surface area (Å²) in [6, 6.07) is 15.2. The molecule has 2 aromatic heterocycles. The van der Waals surface area contributed by atoms with Crippen molar-refractivity contribution in [2.24, 2.45) is 10.2 Å². The number of fused-ring (bicyclic) bond motifs is 2. The molecule has 0 aliphatic carbocycles. The molecule has 0 saturated carbocycles. The molecule has 7 heteroatoms. The summed E-state index contributed by atoms with van der Waals surface area (Å²) < 4.78 is 2.67. The number of H-pyrrole nitrogens is 1. The lowest BCUT2D eigenvalue weighted by Crippen LogP contribution is -2.05. The second-order valence-electron chi connectivity index (χ2n) is 5.61. The summed E-state index contributed by atoms with van der Waals surface area (Å²) in [6.45, 7) is 0.0871. The largest absolute Gasteiger partial charge is 0.493 e. The van der Waals surface area contributed by atoms with Crippen molar-refractivity contribution in [1.82, 2.24) is 9.55 Å². The molecule has 0 atom stereocenters. The maximum Gasteiger partial charge on any atom is 0.284 e. The highest BCUT2D eigenvalue weighted by Crippen LogP contribution is 2.36. The van der Waals surface area contributed by atoms with E-state index < -0.39 is 5.91 Å². The minimum atomic E-state index is -0.398. The molecule has 0 aliphatic heterocycles. The maximum atomic E-state index is 12.2. The third-order valence-electron chi connectivity index (χ3n) is 3.96. The first-order chi connectivity index (χ1) is 12.1. The Balaban J connectivity index is 1.60. The van der Waals surface area contributed by atoms with Gasteiger partial charge >= 0.3 is 0 Å². The molecule has 0 spiro atoms. The Kier molecular flexibility index (Phi) is 3.85. The van der Waals surface area contributed by atoms with E-state index >= 15 is 0 Å². The molecule has 0 bridgehead atoms. The van der Waals surface area contributed by atoms with E-state index in [1.165, 1.54) is 0 Å². The molecule has 0 radical (unpaired) electrons. The fraction of sp³-hybridized carbons (Fsp3) is 0.0556. The van der Waals surface area contributed by atoms with Crippen molar-refractivity contribution in [3.05, 3.63) is 59.2 Å². The molecule has 0 saturated heterocycles. The van der Waals surface area contributed by atoms with Crippen LogP contribution in [0.2, 0.25) is 0 Å². The molecule has 4 rings (SSSR count). The second kappa shape index (κ2) is 6.18. The van der Waals surface area contributed by atoms with Crippen molar-refractivity contribution in [3.63, 3.8) is 0 Å². The summed E-state index contributed by atoms with van der Waals surface area (Å²) in [5.74, 6) is -0.513. The molecule has 0 fully saturated rings. The molecule has 2 aromatic carbocycles. The van der Waals surface area contributed by atoms with Gasteiger partial charge in [-0.1, -0.05) is 34.1 Å². The Morgan fingerprint density at radius 1 is 1.20 bits per heavy atom. The number of hydrogen-bond acceptors (Lipinski definition) is 3. The van der Waals surface area contributed by atoms with E-state index in [1.54, 1.807) is 0 Å². The van der Waals surface area contributed by atoms with Crippen LogP contribution in [0.3, 0.4) is 0 Å². The fourth-order valence-electron chi connectivity index (χ4n) is 2.80. The Labute approximate surface area is 150 Å². The van der Waals surface area contributed by atoms with E-state index in [1.807, 2.05) is 59.3 Å². The number of hydrogen-bond donors (Lipinski definition) is 2. The van der Waals surface area contributed by atoms with Gasteiger partial charge in [0.05, 0.1) is 5.52 Å². The van der Waals surface area contributed by atoms with Gasteiger partial charge in [-0.15, -0.1) is 10.2 Å². The quantitative estimate of drug-likeness (QED) is 0.482. The summed E-state index contributed by atoms with van der Waals surface area (Å²) in [4.78, 5) is 15.0. The van der Waals surface area contributed by atoms with E-state index in [-0.39, 0.29) is 18.1 Å². The fourth-order valence-corrected chi connectivity index (χ4v) is 3.16. The molecule has 0 unspecified atom stereocenters. The zero-order valence-electron chi connectivity index (χ0n) is 13.0. The van der Waals surface area contributed by atoms with Crippen LogP contribution >= 0.6 is 15.9 Å². The lowest BCUT2D eigenvalue weighted by molar-refractivity contribution is -0.118. The van der Waals surface area contributed by atoms with Crippen LogP contribution in [0.4, 0.5) is 5.69 Å². The minimum Gasteiger partial charge on any atom is -0.493 e. The van der Waals surface area contributed by atoms with Crippen LogP contribution in [0, 0.1) is 0 Å². The average Bonchev–Trinajstić information content (AvgIpc) is 3.14. The van der Waals surface area contributed by atoms with E-state index in [0.717, 1.165) is 20.9 Å². The number of azo groups is 1. The smallest absolute Gasteiger partial charge is 0.284 e. The topological polar surface area (TPSA) is 82.7 Å². The molecule has 25 heavy (non-hydrogen) atoms. The molecular formula is C18H13BrN4O2. The van der Waals surface area contributed by atoms with Gasteiger partial charge in [-0.25, -0.2) is 0 Å². The standard InChI is InChI=1S/C18H13BrN4O2/c19-12-5-6-14-13(9-12)17(18(25)20-14)22-21-16(24)10-23-8-7-11-3-1-2-4-15(11)23/h1-9,20,25H,10H2. The van der Waals surface area contributed by atoms with Gasteiger partial charge in [0.25, 0.3) is 5.91 Å². The molecule has 6 nitrogen and oxygen atoms in total. The van der Waals surface area contributed by atoms with Crippen molar-refractivity contribution in [3.8, 4) is 5.88 Å². The Hall–Kier alpha value is -2.93. The average molecular weight is 397 g/mol. The van der Waals surface area contributed by atoms with Crippen LogP contribution in [0.1, 0.15) is 0 Å². The number of aromatic amines is 1. The number of carbonyl (C=O) groups excluding carboxylic acids is 1. The van der Waals surface area contributed by atoms with Gasteiger partial charge in [0.1, 0.15) is 6.54 Å². The second-order valence-corrected chi connectivity index (χ2v) is 6.52. The third kappa shape index (κ3) is 2.94. The van der Waals surface area contributed by atoms with Gasteiger partial charge in [0, 0.05) is 21.6 Å². The monoisotopic (exact) mass is 396 g/mol. The molecular weight excluding hydrogens is 384 g/mol. The highest BCUT2D eigenvalue weighted by Gasteiger charge is 2.12. The lowest BCUT2D eigenvalue weighted by Gasteiger charge is -2.01. The summed E-state index contributed by atoms with van der Waals surface area (Å²) in [5.41, 5.74) is 1.94. The summed E-state index contributed by atoms with van der Waals surface area (Å²) in [6.07, 6.45) is 1.85. The number of amides is 1. The predicted octanol–water partition coefficient (Wildman–Crippen LogP) is 4.90. The number of para-hydroxylation sites is 1. The summed E-state index contributed by atoms with van der Waals surface area (Å²) in [5, 5.41) is 19.5. The molecule has 2 N–H and O–H groups in total. The van der Waals surface area contributed by atoms with Gasteiger partial charge < -0.3 is 14.7 Å². The van der Waals surface area contributed by atoms with Crippen LogP contribution in [-0.4, -0.2) is 20.6 Å². The number of nitrogens with zero attached hydrogens (tertiary/aromatic N) is 3. The Bertz CT molecular complexity index is 1130. The summed E-state index contributed by atoms with van der Waals surface area (Å²) in [7, 11) is 0. The maximum absolute atomic E-state index is 12.2. The van der Waals surface area contributed by atoms with Crippen molar-refractivity contribution < 1.29 is 9.90 Å². The van der Waals surface area contributed by atoms with E-state index in [0.29, 0.717) is 5.39 Å². The van der Waals surface area contributed by atoms with Crippen LogP contribution in [-0.2, 0) is 11.3 Å². The number of carbonyl (C=O) groups is 1. The van der Waals surface area contributed by atoms with E-state index in [2.05, 4.69) is 31.1 Å². The van der Waals surface area contributed by atoms with Gasteiger partial charge in [-0.05, 0) is 35.7 Å². The number of benzene rings is 2. The lowest BCUT2D eigenvalue weighted by atomic mass is 10.2. The Morgan fingerprint density at radius 2 is 2.04 bits per heavy atom. The number of aromatic nitrogens is 2. The number of aromatic hydroxyl groups is 1. The molecule has 2 heterocycles. The third-order valence-corrected chi connectivity index (χ3v) is 4.45. The minimum absolute atomic E-state index is 0.0871. The van der Waals surface area contributed by atoms with Crippen molar-refractivity contribution in [2.45, 2.75) is 6.54 Å². The number of halogens is 1. The van der Waals surface area contributed by atoms with Crippen molar-refractivity contribution in [1.29, 1.82) is 0 Å². The van der Waals surface area contributed by atoms with E-state index in [9.17, 15) is 9.90 Å². The van der Waals surface area contributed by atoms with Crippen LogP contribution in [0.5, 0.6) is 5.88 Å². The Morgan fingerprint density at radius 3 is 2.92 bits per heavy atom.